The van der Waals surface area contributed by atoms with Crippen LogP contribution in [-0.4, -0.2) is 62.7 Å². The molecule has 2 rings (SSSR count). The molecule has 1 amide bonds. The Morgan fingerprint density at radius 1 is 1.04 bits per heavy atom. The summed E-state index contributed by atoms with van der Waals surface area (Å²) in [5.41, 5.74) is 6.61. The van der Waals surface area contributed by atoms with Gasteiger partial charge in [-0.3, -0.25) is 9.69 Å². The molecule has 146 valence electrons. The number of ether oxygens (including phenoxy) is 2. The van der Waals surface area contributed by atoms with E-state index in [1.54, 1.807) is 14.2 Å². The van der Waals surface area contributed by atoms with Crippen LogP contribution in [0.25, 0.3) is 0 Å². The SMILES string of the molecule is COc1ccc(OC)c(CN2CCN(C(=O)CCCCCCN)CC2)c1. The van der Waals surface area contributed by atoms with E-state index in [9.17, 15) is 4.79 Å². The second-order valence-electron chi connectivity index (χ2n) is 6.79. The third-order valence-electron chi connectivity index (χ3n) is 4.95. The van der Waals surface area contributed by atoms with E-state index in [1.165, 1.54) is 0 Å². The van der Waals surface area contributed by atoms with Crippen LogP contribution in [0, 0.1) is 0 Å². The van der Waals surface area contributed by atoms with Gasteiger partial charge in [-0.15, -0.1) is 0 Å². The lowest BCUT2D eigenvalue weighted by Crippen LogP contribution is -2.48. The highest BCUT2D eigenvalue weighted by atomic mass is 16.5. The minimum Gasteiger partial charge on any atom is -0.497 e. The number of amides is 1. The molecule has 0 aromatic heterocycles. The quantitative estimate of drug-likeness (QED) is 0.646. The molecule has 2 N–H and O–H groups in total. The van der Waals surface area contributed by atoms with Gasteiger partial charge in [-0.25, -0.2) is 0 Å². The van der Waals surface area contributed by atoms with Crippen LogP contribution in [-0.2, 0) is 11.3 Å². The highest BCUT2D eigenvalue weighted by Gasteiger charge is 2.21. The topological polar surface area (TPSA) is 68.0 Å². The standard InChI is InChI=1S/C20H33N3O3/c1-25-18-8-9-19(26-2)17(15-18)16-22-11-13-23(14-12-22)20(24)7-5-3-4-6-10-21/h8-9,15H,3-7,10-14,16,21H2,1-2H3. The second kappa shape index (κ2) is 11.0. The molecule has 1 aliphatic rings. The van der Waals surface area contributed by atoms with Gasteiger partial charge < -0.3 is 20.1 Å². The predicted octanol–water partition coefficient (Wildman–Crippen LogP) is 2.26. The molecule has 0 aliphatic carbocycles. The summed E-state index contributed by atoms with van der Waals surface area (Å²) in [6.45, 7) is 4.93. The summed E-state index contributed by atoms with van der Waals surface area (Å²) in [5, 5.41) is 0. The first-order valence-electron chi connectivity index (χ1n) is 9.59. The van der Waals surface area contributed by atoms with E-state index in [-0.39, 0.29) is 5.91 Å². The number of carbonyl (C=O) groups excluding carboxylic acids is 1. The number of carbonyl (C=O) groups is 1. The lowest BCUT2D eigenvalue weighted by Gasteiger charge is -2.35. The molecular formula is C20H33N3O3. The smallest absolute Gasteiger partial charge is 0.222 e. The number of piperazine rings is 1. The number of nitrogens with two attached hydrogens (primary N) is 1. The summed E-state index contributed by atoms with van der Waals surface area (Å²) >= 11 is 0. The van der Waals surface area contributed by atoms with E-state index >= 15 is 0 Å². The van der Waals surface area contributed by atoms with E-state index in [2.05, 4.69) is 4.90 Å². The molecule has 1 aromatic carbocycles. The molecular weight excluding hydrogens is 330 g/mol. The molecule has 0 saturated carbocycles. The Labute approximate surface area is 157 Å². The summed E-state index contributed by atoms with van der Waals surface area (Å²) in [7, 11) is 3.36. The fraction of sp³-hybridized carbons (Fsp3) is 0.650. The van der Waals surface area contributed by atoms with Gasteiger partial charge in [0, 0.05) is 44.7 Å². The largest absolute Gasteiger partial charge is 0.497 e. The number of hydrogen-bond acceptors (Lipinski definition) is 5. The predicted molar refractivity (Wildman–Crippen MR) is 104 cm³/mol. The molecule has 0 atom stereocenters. The van der Waals surface area contributed by atoms with E-state index in [1.807, 2.05) is 23.1 Å². The molecule has 6 heteroatoms. The average Bonchev–Trinajstić information content (AvgIpc) is 2.68. The first kappa shape index (κ1) is 20.5. The van der Waals surface area contributed by atoms with Crippen molar-refractivity contribution in [2.75, 3.05) is 46.9 Å². The number of unbranched alkanes of at least 4 members (excludes halogenated alkanes) is 3. The van der Waals surface area contributed by atoms with Crippen LogP contribution in [0.2, 0.25) is 0 Å². The monoisotopic (exact) mass is 363 g/mol. The minimum absolute atomic E-state index is 0.288. The molecule has 1 aromatic rings. The maximum Gasteiger partial charge on any atom is 0.222 e. The van der Waals surface area contributed by atoms with Gasteiger partial charge in [-0.05, 0) is 37.6 Å². The summed E-state index contributed by atoms with van der Waals surface area (Å²) < 4.78 is 10.8. The summed E-state index contributed by atoms with van der Waals surface area (Å²) in [6, 6.07) is 5.88. The molecule has 1 fully saturated rings. The number of benzene rings is 1. The molecule has 0 spiro atoms. The van der Waals surface area contributed by atoms with Crippen LogP contribution in [0.3, 0.4) is 0 Å². The van der Waals surface area contributed by atoms with Gasteiger partial charge in [0.15, 0.2) is 0 Å². The van der Waals surface area contributed by atoms with E-state index < -0.39 is 0 Å². The highest BCUT2D eigenvalue weighted by molar-refractivity contribution is 5.76. The first-order chi connectivity index (χ1) is 12.7. The highest BCUT2D eigenvalue weighted by Crippen LogP contribution is 2.25. The minimum atomic E-state index is 0.288. The van der Waals surface area contributed by atoms with Crippen molar-refractivity contribution in [1.82, 2.24) is 9.80 Å². The maximum atomic E-state index is 12.3. The fourth-order valence-electron chi connectivity index (χ4n) is 3.33. The number of methoxy groups -OCH3 is 2. The van der Waals surface area contributed by atoms with Crippen molar-refractivity contribution in [3.8, 4) is 11.5 Å². The third kappa shape index (κ3) is 6.18. The molecule has 0 radical (unpaired) electrons. The molecule has 6 nitrogen and oxygen atoms in total. The average molecular weight is 364 g/mol. The molecule has 1 aliphatic heterocycles. The lowest BCUT2D eigenvalue weighted by molar-refractivity contribution is -0.133. The Balaban J connectivity index is 1.77. The first-order valence-corrected chi connectivity index (χ1v) is 9.59. The molecule has 0 bridgehead atoms. The number of rotatable bonds is 10. The zero-order valence-electron chi connectivity index (χ0n) is 16.2. The van der Waals surface area contributed by atoms with E-state index in [4.69, 9.17) is 15.2 Å². The van der Waals surface area contributed by atoms with Crippen LogP contribution in [0.15, 0.2) is 18.2 Å². The van der Waals surface area contributed by atoms with Gasteiger partial charge in [-0.2, -0.15) is 0 Å². The van der Waals surface area contributed by atoms with Crippen LogP contribution >= 0.6 is 0 Å². The van der Waals surface area contributed by atoms with Crippen molar-refractivity contribution < 1.29 is 14.3 Å². The van der Waals surface area contributed by atoms with Crippen molar-refractivity contribution in [3.63, 3.8) is 0 Å². The van der Waals surface area contributed by atoms with Crippen molar-refractivity contribution in [3.05, 3.63) is 23.8 Å². The van der Waals surface area contributed by atoms with Crippen molar-refractivity contribution in [2.24, 2.45) is 5.73 Å². The van der Waals surface area contributed by atoms with E-state index in [0.29, 0.717) is 6.42 Å². The summed E-state index contributed by atoms with van der Waals surface area (Å²) in [6.07, 6.45) is 4.91. The number of hydrogen-bond donors (Lipinski definition) is 1. The van der Waals surface area contributed by atoms with Crippen LogP contribution in [0.5, 0.6) is 11.5 Å². The lowest BCUT2D eigenvalue weighted by atomic mass is 10.1. The molecule has 26 heavy (non-hydrogen) atoms. The van der Waals surface area contributed by atoms with Gasteiger partial charge >= 0.3 is 0 Å². The normalized spacial score (nSPS) is 15.1. The Morgan fingerprint density at radius 3 is 2.42 bits per heavy atom. The number of nitrogens with zero attached hydrogens (tertiary/aromatic N) is 2. The zero-order valence-corrected chi connectivity index (χ0v) is 16.2. The second-order valence-corrected chi connectivity index (χ2v) is 6.79. The van der Waals surface area contributed by atoms with Crippen molar-refractivity contribution in [1.29, 1.82) is 0 Å². The van der Waals surface area contributed by atoms with Gasteiger partial charge in [0.1, 0.15) is 11.5 Å². The molecule has 1 heterocycles. The van der Waals surface area contributed by atoms with E-state index in [0.717, 1.165) is 82.0 Å². The van der Waals surface area contributed by atoms with Gasteiger partial charge in [0.2, 0.25) is 5.91 Å². The van der Waals surface area contributed by atoms with Crippen LogP contribution in [0.1, 0.15) is 37.7 Å². The molecule has 0 unspecified atom stereocenters. The maximum absolute atomic E-state index is 12.3. The van der Waals surface area contributed by atoms with Crippen LogP contribution < -0.4 is 15.2 Å². The Morgan fingerprint density at radius 2 is 1.77 bits per heavy atom. The fourth-order valence-corrected chi connectivity index (χ4v) is 3.33. The Bertz CT molecular complexity index is 557. The third-order valence-corrected chi connectivity index (χ3v) is 4.95. The van der Waals surface area contributed by atoms with Gasteiger partial charge in [-0.1, -0.05) is 12.8 Å². The van der Waals surface area contributed by atoms with Gasteiger partial charge in [0.25, 0.3) is 0 Å². The van der Waals surface area contributed by atoms with Crippen molar-refractivity contribution >= 4 is 5.91 Å². The van der Waals surface area contributed by atoms with Crippen molar-refractivity contribution in [2.45, 2.75) is 38.6 Å². The summed E-state index contributed by atoms with van der Waals surface area (Å²) in [5.74, 6) is 2.00. The summed E-state index contributed by atoms with van der Waals surface area (Å²) in [4.78, 5) is 16.7. The molecule has 1 saturated heterocycles. The Hall–Kier alpha value is -1.79. The Kier molecular flexibility index (Phi) is 8.71. The zero-order chi connectivity index (χ0) is 18.8. The van der Waals surface area contributed by atoms with Crippen LogP contribution in [0.4, 0.5) is 0 Å². The van der Waals surface area contributed by atoms with Gasteiger partial charge in [0.05, 0.1) is 14.2 Å².